The van der Waals surface area contributed by atoms with Gasteiger partial charge >= 0.3 is 0 Å². The molecule has 2 aromatic carbocycles. The van der Waals surface area contributed by atoms with Crippen LogP contribution >= 0.6 is 11.6 Å². The molecule has 0 aliphatic carbocycles. The van der Waals surface area contributed by atoms with Gasteiger partial charge in [0, 0.05) is 25.8 Å². The minimum absolute atomic E-state index is 0.611. The van der Waals surface area contributed by atoms with Crippen molar-refractivity contribution in [1.29, 1.82) is 0 Å². The normalized spacial score (nSPS) is 10.5. The van der Waals surface area contributed by atoms with Gasteiger partial charge in [0.15, 0.2) is 0 Å². The van der Waals surface area contributed by atoms with Crippen LogP contribution in [0.3, 0.4) is 0 Å². The maximum absolute atomic E-state index is 6.24. The van der Waals surface area contributed by atoms with Crippen LogP contribution < -0.4 is 10.1 Å². The second-order valence-electron chi connectivity index (χ2n) is 4.31. The van der Waals surface area contributed by atoms with Gasteiger partial charge in [0.1, 0.15) is 11.5 Å². The number of halogens is 1. The van der Waals surface area contributed by atoms with Crippen molar-refractivity contribution in [3.8, 4) is 11.5 Å². The quantitative estimate of drug-likeness (QED) is 0.786. The zero-order valence-electron chi connectivity index (χ0n) is 11.4. The number of hydrogen-bond donors (Lipinski definition) is 1. The van der Waals surface area contributed by atoms with Gasteiger partial charge < -0.3 is 14.8 Å². The topological polar surface area (TPSA) is 30.5 Å². The Morgan fingerprint density at radius 2 is 1.85 bits per heavy atom. The lowest BCUT2D eigenvalue weighted by atomic mass is 10.2. The second-order valence-corrected chi connectivity index (χ2v) is 4.72. The minimum atomic E-state index is 0.611. The summed E-state index contributed by atoms with van der Waals surface area (Å²) < 4.78 is 10.9. The fourth-order valence-corrected chi connectivity index (χ4v) is 2.04. The highest BCUT2D eigenvalue weighted by atomic mass is 35.5. The van der Waals surface area contributed by atoms with Crippen LogP contribution in [0, 0.1) is 0 Å². The van der Waals surface area contributed by atoms with Crippen LogP contribution in [0.4, 0.5) is 0 Å². The third-order valence-electron chi connectivity index (χ3n) is 2.81. The molecule has 0 saturated carbocycles. The Bertz CT molecular complexity index is 531. The molecule has 0 spiro atoms. The number of nitrogens with one attached hydrogen (secondary N) is 1. The lowest BCUT2D eigenvalue weighted by Crippen LogP contribution is -2.18. The van der Waals surface area contributed by atoms with E-state index in [4.69, 9.17) is 21.1 Å². The largest absolute Gasteiger partial charge is 0.455 e. The number of ether oxygens (including phenoxy) is 2. The first kappa shape index (κ1) is 14.9. The van der Waals surface area contributed by atoms with E-state index < -0.39 is 0 Å². The highest BCUT2D eigenvalue weighted by Gasteiger charge is 2.09. The van der Waals surface area contributed by atoms with Crippen molar-refractivity contribution >= 4 is 11.6 Å². The molecule has 0 unspecified atom stereocenters. The lowest BCUT2D eigenvalue weighted by molar-refractivity contribution is 0.199. The summed E-state index contributed by atoms with van der Waals surface area (Å²) in [4.78, 5) is 0. The Balaban J connectivity index is 2.10. The fraction of sp³-hybridized carbons (Fsp3) is 0.250. The fourth-order valence-electron chi connectivity index (χ4n) is 1.81. The SMILES string of the molecule is COCCNCc1cccc(Cl)c1Oc1ccccc1. The maximum Gasteiger partial charge on any atom is 0.150 e. The summed E-state index contributed by atoms with van der Waals surface area (Å²) in [7, 11) is 1.69. The van der Waals surface area contributed by atoms with E-state index in [-0.39, 0.29) is 0 Å². The zero-order chi connectivity index (χ0) is 14.2. The van der Waals surface area contributed by atoms with Crippen molar-refractivity contribution in [1.82, 2.24) is 5.32 Å². The molecule has 0 saturated heterocycles. The molecule has 0 aliphatic heterocycles. The van der Waals surface area contributed by atoms with Gasteiger partial charge in [-0.2, -0.15) is 0 Å². The van der Waals surface area contributed by atoms with E-state index in [1.165, 1.54) is 0 Å². The number of rotatable bonds is 7. The highest BCUT2D eigenvalue weighted by molar-refractivity contribution is 6.32. The minimum Gasteiger partial charge on any atom is -0.455 e. The summed E-state index contributed by atoms with van der Waals surface area (Å²) in [5.41, 5.74) is 1.03. The molecule has 2 aromatic rings. The van der Waals surface area contributed by atoms with Crippen molar-refractivity contribution in [3.63, 3.8) is 0 Å². The molecule has 2 rings (SSSR count). The smallest absolute Gasteiger partial charge is 0.150 e. The van der Waals surface area contributed by atoms with Crippen molar-refractivity contribution < 1.29 is 9.47 Å². The van der Waals surface area contributed by atoms with Gasteiger partial charge in [-0.05, 0) is 18.2 Å². The Kier molecular flexibility index (Phi) is 5.87. The molecule has 106 valence electrons. The molecular weight excluding hydrogens is 274 g/mol. The molecule has 0 atom stereocenters. The first-order valence-electron chi connectivity index (χ1n) is 6.51. The van der Waals surface area contributed by atoms with Crippen LogP contribution in [-0.4, -0.2) is 20.3 Å². The Morgan fingerprint density at radius 3 is 2.60 bits per heavy atom. The Labute approximate surface area is 124 Å². The molecule has 3 nitrogen and oxygen atoms in total. The second kappa shape index (κ2) is 7.90. The van der Waals surface area contributed by atoms with Crippen LogP contribution in [0.2, 0.25) is 5.02 Å². The Morgan fingerprint density at radius 1 is 1.05 bits per heavy atom. The Hall–Kier alpha value is -1.55. The van der Waals surface area contributed by atoms with Gasteiger partial charge in [-0.25, -0.2) is 0 Å². The number of methoxy groups -OCH3 is 1. The van der Waals surface area contributed by atoms with Gasteiger partial charge in [-0.3, -0.25) is 0 Å². The summed E-state index contributed by atoms with van der Waals surface area (Å²) in [6.45, 7) is 2.15. The predicted octanol–water partition coefficient (Wildman–Crippen LogP) is 3.87. The van der Waals surface area contributed by atoms with E-state index >= 15 is 0 Å². The van der Waals surface area contributed by atoms with E-state index in [1.54, 1.807) is 7.11 Å². The van der Waals surface area contributed by atoms with Crippen LogP contribution in [0.25, 0.3) is 0 Å². The van der Waals surface area contributed by atoms with Gasteiger partial charge in [0.25, 0.3) is 0 Å². The molecule has 0 amide bonds. The molecule has 4 heteroatoms. The standard InChI is InChI=1S/C16H18ClNO2/c1-19-11-10-18-12-13-6-5-9-15(17)16(13)20-14-7-3-2-4-8-14/h2-9,18H,10-12H2,1H3. The highest BCUT2D eigenvalue weighted by Crippen LogP contribution is 2.32. The molecule has 0 radical (unpaired) electrons. The monoisotopic (exact) mass is 291 g/mol. The van der Waals surface area contributed by atoms with Crippen LogP contribution in [0.15, 0.2) is 48.5 Å². The molecule has 0 aromatic heterocycles. The molecular formula is C16H18ClNO2. The summed E-state index contributed by atoms with van der Waals surface area (Å²) in [5, 5.41) is 3.90. The molecule has 0 fully saturated rings. The molecule has 1 N–H and O–H groups in total. The molecule has 0 aliphatic rings. The number of hydrogen-bond acceptors (Lipinski definition) is 3. The van der Waals surface area contributed by atoms with Gasteiger partial charge in [0.2, 0.25) is 0 Å². The number of para-hydroxylation sites is 2. The third kappa shape index (κ3) is 4.23. The lowest BCUT2D eigenvalue weighted by Gasteiger charge is -2.13. The van der Waals surface area contributed by atoms with E-state index in [0.717, 1.165) is 17.9 Å². The maximum atomic E-state index is 6.24. The van der Waals surface area contributed by atoms with Crippen molar-refractivity contribution in [2.75, 3.05) is 20.3 Å². The average Bonchev–Trinajstić information content (AvgIpc) is 2.48. The van der Waals surface area contributed by atoms with Crippen LogP contribution in [0.1, 0.15) is 5.56 Å². The van der Waals surface area contributed by atoms with Gasteiger partial charge in [0.05, 0.1) is 11.6 Å². The van der Waals surface area contributed by atoms with Crippen LogP contribution in [0.5, 0.6) is 11.5 Å². The first-order valence-corrected chi connectivity index (χ1v) is 6.89. The third-order valence-corrected chi connectivity index (χ3v) is 3.11. The van der Waals surface area contributed by atoms with Crippen LogP contribution in [-0.2, 0) is 11.3 Å². The first-order chi connectivity index (χ1) is 9.81. The summed E-state index contributed by atoms with van der Waals surface area (Å²) in [6, 6.07) is 15.4. The molecule has 0 bridgehead atoms. The van der Waals surface area contributed by atoms with E-state index in [0.29, 0.717) is 23.9 Å². The van der Waals surface area contributed by atoms with Crippen molar-refractivity contribution in [2.45, 2.75) is 6.54 Å². The van der Waals surface area contributed by atoms with E-state index in [2.05, 4.69) is 5.32 Å². The summed E-state index contributed by atoms with van der Waals surface area (Å²) >= 11 is 6.24. The van der Waals surface area contributed by atoms with Crippen molar-refractivity contribution in [3.05, 3.63) is 59.1 Å². The van der Waals surface area contributed by atoms with E-state index in [1.807, 2.05) is 48.5 Å². The molecule has 0 heterocycles. The zero-order valence-corrected chi connectivity index (χ0v) is 12.2. The number of benzene rings is 2. The molecule has 20 heavy (non-hydrogen) atoms. The van der Waals surface area contributed by atoms with Gasteiger partial charge in [-0.15, -0.1) is 0 Å². The summed E-state index contributed by atoms with van der Waals surface area (Å²) in [5.74, 6) is 1.48. The van der Waals surface area contributed by atoms with Crippen molar-refractivity contribution in [2.24, 2.45) is 0 Å². The van der Waals surface area contributed by atoms with E-state index in [9.17, 15) is 0 Å². The predicted molar refractivity (Wildman–Crippen MR) is 81.6 cm³/mol. The van der Waals surface area contributed by atoms with Gasteiger partial charge in [-0.1, -0.05) is 41.9 Å². The average molecular weight is 292 g/mol. The summed E-state index contributed by atoms with van der Waals surface area (Å²) in [6.07, 6.45) is 0.